The summed E-state index contributed by atoms with van der Waals surface area (Å²) in [5.41, 5.74) is 7.74. The van der Waals surface area contributed by atoms with Crippen LogP contribution in [0.1, 0.15) is 20.3 Å². The fourth-order valence-corrected chi connectivity index (χ4v) is 0.626. The molecule has 0 radical (unpaired) electrons. The molecule has 0 aliphatic rings. The smallest absolute Gasteiger partial charge is 0.321 e. The van der Waals surface area contributed by atoms with Gasteiger partial charge in [-0.2, -0.15) is 5.48 Å². The van der Waals surface area contributed by atoms with Crippen LogP contribution in [0.4, 0.5) is 0 Å². The lowest BCUT2D eigenvalue weighted by Gasteiger charge is -2.11. The molecule has 0 rings (SSSR count). The van der Waals surface area contributed by atoms with Crippen LogP contribution in [0.25, 0.3) is 0 Å². The van der Waals surface area contributed by atoms with Gasteiger partial charge in [0, 0.05) is 26.8 Å². The molecule has 1 atom stereocenters. The summed E-state index contributed by atoms with van der Waals surface area (Å²) in [7, 11) is 0. The minimum atomic E-state index is -0.666. The third kappa shape index (κ3) is 8.77. The van der Waals surface area contributed by atoms with Gasteiger partial charge < -0.3 is 9.57 Å². The van der Waals surface area contributed by atoms with Crippen LogP contribution in [0.2, 0.25) is 0 Å². The van der Waals surface area contributed by atoms with E-state index in [1.807, 2.05) is 0 Å². The van der Waals surface area contributed by atoms with E-state index in [-0.39, 0.29) is 0 Å². The maximum absolute atomic E-state index is 10.4. The van der Waals surface area contributed by atoms with Crippen molar-refractivity contribution in [3.05, 3.63) is 0 Å². The summed E-state index contributed by atoms with van der Waals surface area (Å²) < 4.78 is 4.62. The van der Waals surface area contributed by atoms with E-state index in [0.29, 0.717) is 13.0 Å². The van der Waals surface area contributed by atoms with Crippen molar-refractivity contribution in [1.29, 1.82) is 0 Å². The van der Waals surface area contributed by atoms with Crippen molar-refractivity contribution in [3.63, 3.8) is 0 Å². The van der Waals surface area contributed by atoms with Gasteiger partial charge in [0.25, 0.3) is 0 Å². The molecule has 0 fully saturated rings. The van der Waals surface area contributed by atoms with Gasteiger partial charge in [0.05, 0.1) is 0 Å². The summed E-state index contributed by atoms with van der Waals surface area (Å²) >= 11 is 0. The molecule has 76 valence electrons. The predicted octanol–water partition coefficient (Wildman–Crippen LogP) is -0.708. The molecule has 6 heteroatoms. The molecule has 0 aromatic carbocycles. The fourth-order valence-electron chi connectivity index (χ4n) is 0.626. The number of ether oxygens (including phenoxy) is 1. The lowest BCUT2D eigenvalue weighted by atomic mass is 10.4. The quantitative estimate of drug-likeness (QED) is 0.257. The molecule has 0 aliphatic heterocycles. The number of rotatable bonds is 5. The first kappa shape index (κ1) is 11.9. The van der Waals surface area contributed by atoms with Gasteiger partial charge in [-0.3, -0.25) is 15.3 Å². The first-order valence-corrected chi connectivity index (χ1v) is 3.85. The van der Waals surface area contributed by atoms with E-state index in [9.17, 15) is 9.59 Å². The molecule has 13 heavy (non-hydrogen) atoms. The van der Waals surface area contributed by atoms with Crippen LogP contribution in [0.3, 0.4) is 0 Å². The van der Waals surface area contributed by atoms with Crippen molar-refractivity contribution >= 4 is 11.9 Å². The second-order valence-electron chi connectivity index (χ2n) is 2.42. The largest absolute Gasteiger partial charge is 0.447 e. The third-order valence-corrected chi connectivity index (χ3v) is 1.06. The summed E-state index contributed by atoms with van der Waals surface area (Å²) in [6.45, 7) is 2.90. The molecule has 0 aromatic rings. The van der Waals surface area contributed by atoms with Crippen molar-refractivity contribution in [2.75, 3.05) is 6.54 Å². The van der Waals surface area contributed by atoms with Crippen molar-refractivity contribution in [2.24, 2.45) is 5.73 Å². The van der Waals surface area contributed by atoms with E-state index >= 15 is 0 Å². The van der Waals surface area contributed by atoms with Crippen LogP contribution >= 0.6 is 0 Å². The summed E-state index contributed by atoms with van der Waals surface area (Å²) in [5.74, 6) is -0.860. The molecule has 0 aliphatic carbocycles. The number of nitrogens with one attached hydrogen (secondary N) is 1. The molecule has 0 spiro atoms. The Bertz CT molecular complexity index is 183. The van der Waals surface area contributed by atoms with Gasteiger partial charge in [-0.05, 0) is 0 Å². The van der Waals surface area contributed by atoms with Gasteiger partial charge in [-0.25, -0.2) is 0 Å². The van der Waals surface area contributed by atoms with E-state index in [1.165, 1.54) is 13.8 Å². The molecular weight excluding hydrogens is 176 g/mol. The van der Waals surface area contributed by atoms with Gasteiger partial charge in [0.1, 0.15) is 0 Å². The lowest BCUT2D eigenvalue weighted by Crippen LogP contribution is -2.31. The zero-order valence-electron chi connectivity index (χ0n) is 7.70. The topological polar surface area (TPSA) is 90.7 Å². The molecule has 0 aromatic heterocycles. The Morgan fingerprint density at radius 1 is 1.38 bits per heavy atom. The first-order chi connectivity index (χ1) is 6.02. The molecular formula is C7H14N2O4. The zero-order chi connectivity index (χ0) is 10.3. The number of esters is 1. The highest BCUT2D eigenvalue weighted by molar-refractivity contribution is 5.66. The molecule has 3 N–H and O–H groups in total. The monoisotopic (exact) mass is 190 g/mol. The van der Waals surface area contributed by atoms with Gasteiger partial charge in [-0.1, -0.05) is 0 Å². The molecule has 1 unspecified atom stereocenters. The van der Waals surface area contributed by atoms with Gasteiger partial charge in [-0.15, -0.1) is 0 Å². The maximum Gasteiger partial charge on any atom is 0.321 e. The summed E-state index contributed by atoms with van der Waals surface area (Å²) in [6.07, 6.45) is -0.284. The maximum atomic E-state index is 10.4. The highest BCUT2D eigenvalue weighted by Gasteiger charge is 2.04. The number of hydrogen-bond acceptors (Lipinski definition) is 6. The SMILES string of the molecule is CC(=O)ONCCC(N)OC(C)=O. The first-order valence-electron chi connectivity index (χ1n) is 3.85. The Hall–Kier alpha value is -1.14. The van der Waals surface area contributed by atoms with E-state index in [1.54, 1.807) is 0 Å². The Kier molecular flexibility index (Phi) is 5.82. The highest BCUT2D eigenvalue weighted by atomic mass is 16.7. The highest BCUT2D eigenvalue weighted by Crippen LogP contribution is 1.89. The average molecular weight is 190 g/mol. The molecule has 0 amide bonds. The van der Waals surface area contributed by atoms with Crippen LogP contribution in [-0.4, -0.2) is 24.7 Å². The Labute approximate surface area is 76.3 Å². The van der Waals surface area contributed by atoms with Crippen LogP contribution in [-0.2, 0) is 19.2 Å². The summed E-state index contributed by atoms with van der Waals surface area (Å²) in [4.78, 5) is 25.1. The van der Waals surface area contributed by atoms with Crippen molar-refractivity contribution in [3.8, 4) is 0 Å². The number of carbonyl (C=O) groups is 2. The number of hydroxylamine groups is 1. The van der Waals surface area contributed by atoms with Crippen LogP contribution < -0.4 is 11.2 Å². The number of hydrogen-bond donors (Lipinski definition) is 2. The Balaban J connectivity index is 3.31. The van der Waals surface area contributed by atoms with E-state index in [2.05, 4.69) is 15.1 Å². The van der Waals surface area contributed by atoms with E-state index in [4.69, 9.17) is 5.73 Å². The van der Waals surface area contributed by atoms with Crippen molar-refractivity contribution < 1.29 is 19.2 Å². The van der Waals surface area contributed by atoms with Crippen LogP contribution in [0.5, 0.6) is 0 Å². The third-order valence-electron chi connectivity index (χ3n) is 1.06. The van der Waals surface area contributed by atoms with Crippen molar-refractivity contribution in [2.45, 2.75) is 26.5 Å². The number of carbonyl (C=O) groups excluding carboxylic acids is 2. The summed E-state index contributed by atoms with van der Waals surface area (Å²) in [6, 6.07) is 0. The Morgan fingerprint density at radius 2 is 2.00 bits per heavy atom. The second-order valence-corrected chi connectivity index (χ2v) is 2.42. The molecule has 0 saturated heterocycles. The van der Waals surface area contributed by atoms with Crippen LogP contribution in [0, 0.1) is 0 Å². The van der Waals surface area contributed by atoms with E-state index < -0.39 is 18.2 Å². The average Bonchev–Trinajstić information content (AvgIpc) is 1.96. The van der Waals surface area contributed by atoms with Gasteiger partial charge in [0.2, 0.25) is 0 Å². The minimum Gasteiger partial charge on any atom is -0.447 e. The molecule has 0 saturated carbocycles. The predicted molar refractivity (Wildman–Crippen MR) is 44.1 cm³/mol. The van der Waals surface area contributed by atoms with Gasteiger partial charge in [0.15, 0.2) is 6.23 Å². The molecule has 6 nitrogen and oxygen atoms in total. The normalized spacial score (nSPS) is 11.9. The standard InChI is InChI=1S/C7H14N2O4/c1-5(10)12-7(8)3-4-9-13-6(2)11/h7,9H,3-4,8H2,1-2H3. The zero-order valence-corrected chi connectivity index (χ0v) is 7.70. The summed E-state index contributed by atoms with van der Waals surface area (Å²) in [5, 5.41) is 0. The fraction of sp³-hybridized carbons (Fsp3) is 0.714. The molecule has 0 bridgehead atoms. The Morgan fingerprint density at radius 3 is 2.46 bits per heavy atom. The number of nitrogens with two attached hydrogens (primary N) is 1. The van der Waals surface area contributed by atoms with Gasteiger partial charge >= 0.3 is 11.9 Å². The molecule has 0 heterocycles. The second kappa shape index (κ2) is 6.38. The lowest BCUT2D eigenvalue weighted by molar-refractivity contribution is -0.151. The van der Waals surface area contributed by atoms with Crippen LogP contribution in [0.15, 0.2) is 0 Å². The van der Waals surface area contributed by atoms with E-state index in [0.717, 1.165) is 0 Å². The minimum absolute atomic E-state index is 0.341. The van der Waals surface area contributed by atoms with Crippen molar-refractivity contribution in [1.82, 2.24) is 5.48 Å².